The van der Waals surface area contributed by atoms with Crippen molar-refractivity contribution in [2.24, 2.45) is 5.92 Å². The number of carbonyl (C=O) groups is 1. The minimum atomic E-state index is -0.0288. The zero-order valence-corrected chi connectivity index (χ0v) is 14.4. The van der Waals surface area contributed by atoms with Crippen LogP contribution in [0, 0.1) is 5.92 Å². The maximum atomic E-state index is 12.8. The van der Waals surface area contributed by atoms with Crippen molar-refractivity contribution in [3.63, 3.8) is 0 Å². The summed E-state index contributed by atoms with van der Waals surface area (Å²) in [6.07, 6.45) is 4.84. The van der Waals surface area contributed by atoms with Crippen LogP contribution in [-0.4, -0.2) is 38.4 Å². The molecule has 0 unspecified atom stereocenters. The summed E-state index contributed by atoms with van der Waals surface area (Å²) in [5, 5.41) is 1.03. The van der Waals surface area contributed by atoms with Gasteiger partial charge in [-0.2, -0.15) is 0 Å². The van der Waals surface area contributed by atoms with Gasteiger partial charge in [-0.3, -0.25) is 14.2 Å². The van der Waals surface area contributed by atoms with Gasteiger partial charge in [-0.05, 0) is 30.9 Å². The number of hydrogen-bond acceptors (Lipinski definition) is 4. The van der Waals surface area contributed by atoms with Gasteiger partial charge in [0.2, 0.25) is 0 Å². The summed E-state index contributed by atoms with van der Waals surface area (Å²) in [4.78, 5) is 34.9. The van der Waals surface area contributed by atoms with Crippen LogP contribution in [0.2, 0.25) is 0 Å². The molecule has 0 atom stereocenters. The Hall–Kier alpha value is -3.02. The molecule has 1 fully saturated rings. The molecule has 0 saturated carbocycles. The molecular weight excluding hydrogens is 328 g/mol. The molecule has 3 aromatic rings. The number of rotatable bonds is 3. The van der Waals surface area contributed by atoms with Crippen molar-refractivity contribution in [2.75, 3.05) is 13.1 Å². The second-order valence-electron chi connectivity index (χ2n) is 6.70. The fourth-order valence-corrected chi connectivity index (χ4v) is 3.46. The van der Waals surface area contributed by atoms with E-state index < -0.39 is 0 Å². The van der Waals surface area contributed by atoms with E-state index in [9.17, 15) is 9.59 Å². The highest BCUT2D eigenvalue weighted by Gasteiger charge is 2.24. The molecule has 2 aromatic heterocycles. The Morgan fingerprint density at radius 1 is 1.08 bits per heavy atom. The SMILES string of the molecule is O=C(c1ccc2ccccc2n1)N1CCC(Cn2cnccc2=O)CC1. The molecule has 0 N–H and O–H groups in total. The molecule has 6 heteroatoms. The number of likely N-dealkylation sites (tertiary alicyclic amines) is 1. The summed E-state index contributed by atoms with van der Waals surface area (Å²) in [5.41, 5.74) is 1.30. The second-order valence-corrected chi connectivity index (χ2v) is 6.70. The number of aromatic nitrogens is 3. The molecule has 1 amide bonds. The number of amides is 1. The molecular formula is C20H20N4O2. The average Bonchev–Trinajstić information content (AvgIpc) is 2.69. The Bertz CT molecular complexity index is 990. The maximum absolute atomic E-state index is 12.8. The van der Waals surface area contributed by atoms with Gasteiger partial charge >= 0.3 is 0 Å². The van der Waals surface area contributed by atoms with Crippen molar-refractivity contribution in [3.05, 3.63) is 71.0 Å². The van der Waals surface area contributed by atoms with E-state index in [1.165, 1.54) is 12.3 Å². The standard InChI is InChI=1S/C20H20N4O2/c25-19-7-10-21-14-24(19)13-15-8-11-23(12-9-15)20(26)18-6-5-16-3-1-2-4-17(16)22-18/h1-7,10,14-15H,8-9,11-13H2. The van der Waals surface area contributed by atoms with Crippen molar-refractivity contribution in [1.29, 1.82) is 0 Å². The van der Waals surface area contributed by atoms with E-state index in [0.717, 1.165) is 23.7 Å². The van der Waals surface area contributed by atoms with Crippen LogP contribution in [0.1, 0.15) is 23.3 Å². The molecule has 1 aliphatic rings. The van der Waals surface area contributed by atoms with Crippen LogP contribution in [0.15, 0.2) is 59.8 Å². The Kier molecular flexibility index (Phi) is 4.48. The highest BCUT2D eigenvalue weighted by molar-refractivity contribution is 5.94. The van der Waals surface area contributed by atoms with Gasteiger partial charge in [-0.1, -0.05) is 24.3 Å². The van der Waals surface area contributed by atoms with Gasteiger partial charge in [-0.15, -0.1) is 0 Å². The molecule has 1 saturated heterocycles. The first-order valence-corrected chi connectivity index (χ1v) is 8.86. The Balaban J connectivity index is 1.41. The lowest BCUT2D eigenvalue weighted by molar-refractivity contribution is 0.0676. The van der Waals surface area contributed by atoms with E-state index in [1.807, 2.05) is 35.2 Å². The van der Waals surface area contributed by atoms with E-state index in [2.05, 4.69) is 9.97 Å². The fraction of sp³-hybridized carbons (Fsp3) is 0.300. The molecule has 4 rings (SSSR count). The van der Waals surface area contributed by atoms with E-state index in [-0.39, 0.29) is 11.5 Å². The monoisotopic (exact) mass is 348 g/mol. The zero-order valence-electron chi connectivity index (χ0n) is 14.4. The molecule has 132 valence electrons. The molecule has 1 aliphatic heterocycles. The predicted octanol–water partition coefficient (Wildman–Crippen LogP) is 2.34. The van der Waals surface area contributed by atoms with E-state index in [4.69, 9.17) is 0 Å². The molecule has 0 aliphatic carbocycles. The summed E-state index contributed by atoms with van der Waals surface area (Å²) in [5.74, 6) is 0.360. The number of para-hydroxylation sites is 1. The zero-order chi connectivity index (χ0) is 17.9. The first kappa shape index (κ1) is 16.4. The smallest absolute Gasteiger partial charge is 0.272 e. The van der Waals surface area contributed by atoms with Crippen LogP contribution in [0.3, 0.4) is 0 Å². The molecule has 0 bridgehead atoms. The van der Waals surface area contributed by atoms with Gasteiger partial charge in [0.1, 0.15) is 5.69 Å². The number of piperidine rings is 1. The molecule has 0 radical (unpaired) electrons. The predicted molar refractivity (Wildman–Crippen MR) is 98.9 cm³/mol. The molecule has 1 aromatic carbocycles. The highest BCUT2D eigenvalue weighted by Crippen LogP contribution is 2.20. The van der Waals surface area contributed by atoms with Crippen molar-refractivity contribution in [2.45, 2.75) is 19.4 Å². The topological polar surface area (TPSA) is 68.1 Å². The van der Waals surface area contributed by atoms with Gasteiger partial charge in [0.15, 0.2) is 0 Å². The van der Waals surface area contributed by atoms with Crippen molar-refractivity contribution in [1.82, 2.24) is 19.4 Å². The molecule has 3 heterocycles. The fourth-order valence-electron chi connectivity index (χ4n) is 3.46. The highest BCUT2D eigenvalue weighted by atomic mass is 16.2. The second kappa shape index (κ2) is 7.07. The summed E-state index contributed by atoms with van der Waals surface area (Å²) < 4.78 is 1.65. The van der Waals surface area contributed by atoms with Gasteiger partial charge in [0, 0.05) is 37.3 Å². The van der Waals surface area contributed by atoms with E-state index >= 15 is 0 Å². The van der Waals surface area contributed by atoms with Crippen LogP contribution in [0.25, 0.3) is 10.9 Å². The van der Waals surface area contributed by atoms with Crippen molar-refractivity contribution in [3.8, 4) is 0 Å². The summed E-state index contributed by atoms with van der Waals surface area (Å²) in [6, 6.07) is 13.0. The summed E-state index contributed by atoms with van der Waals surface area (Å²) >= 11 is 0. The minimum Gasteiger partial charge on any atom is -0.337 e. The Morgan fingerprint density at radius 3 is 2.69 bits per heavy atom. The van der Waals surface area contributed by atoms with Crippen molar-refractivity contribution < 1.29 is 4.79 Å². The van der Waals surface area contributed by atoms with E-state index in [1.54, 1.807) is 17.0 Å². The lowest BCUT2D eigenvalue weighted by atomic mass is 9.96. The van der Waals surface area contributed by atoms with Gasteiger partial charge in [0.25, 0.3) is 11.5 Å². The Labute approximate surface area is 151 Å². The number of nitrogens with zero attached hydrogens (tertiary/aromatic N) is 4. The Morgan fingerprint density at radius 2 is 1.88 bits per heavy atom. The first-order valence-electron chi connectivity index (χ1n) is 8.86. The quantitative estimate of drug-likeness (QED) is 0.729. The third-order valence-corrected chi connectivity index (χ3v) is 4.97. The number of benzene rings is 1. The van der Waals surface area contributed by atoms with Crippen molar-refractivity contribution >= 4 is 16.8 Å². The van der Waals surface area contributed by atoms with E-state index in [0.29, 0.717) is 31.2 Å². The normalized spacial score (nSPS) is 15.3. The average molecular weight is 348 g/mol. The lowest BCUT2D eigenvalue weighted by Crippen LogP contribution is -2.40. The molecule has 0 spiro atoms. The van der Waals surface area contributed by atoms with Crippen LogP contribution < -0.4 is 5.56 Å². The molecule has 26 heavy (non-hydrogen) atoms. The van der Waals surface area contributed by atoms with Gasteiger partial charge in [0.05, 0.1) is 11.8 Å². The number of pyridine rings is 1. The third-order valence-electron chi connectivity index (χ3n) is 4.97. The summed E-state index contributed by atoms with van der Waals surface area (Å²) in [7, 11) is 0. The largest absolute Gasteiger partial charge is 0.337 e. The lowest BCUT2D eigenvalue weighted by Gasteiger charge is -2.32. The number of fused-ring (bicyclic) bond motifs is 1. The van der Waals surface area contributed by atoms with Crippen LogP contribution in [0.4, 0.5) is 0 Å². The number of carbonyl (C=O) groups excluding carboxylic acids is 1. The maximum Gasteiger partial charge on any atom is 0.272 e. The van der Waals surface area contributed by atoms with Crippen LogP contribution >= 0.6 is 0 Å². The van der Waals surface area contributed by atoms with Crippen LogP contribution in [-0.2, 0) is 6.54 Å². The minimum absolute atomic E-state index is 0.0206. The first-order chi connectivity index (χ1) is 12.7. The van der Waals surface area contributed by atoms with Gasteiger partial charge in [-0.25, -0.2) is 9.97 Å². The van der Waals surface area contributed by atoms with Gasteiger partial charge < -0.3 is 4.90 Å². The molecule has 6 nitrogen and oxygen atoms in total. The number of hydrogen-bond donors (Lipinski definition) is 0. The van der Waals surface area contributed by atoms with Crippen LogP contribution in [0.5, 0.6) is 0 Å². The summed E-state index contributed by atoms with van der Waals surface area (Å²) in [6.45, 7) is 2.03. The third kappa shape index (κ3) is 3.35.